The van der Waals surface area contributed by atoms with Crippen LogP contribution in [0.25, 0.3) is 0 Å². The molecule has 2 aromatic rings. The average molecular weight is 548 g/mol. The second kappa shape index (κ2) is 11.2. The predicted molar refractivity (Wildman–Crippen MR) is 142 cm³/mol. The summed E-state index contributed by atoms with van der Waals surface area (Å²) >= 11 is 12.1. The maximum atomic E-state index is 13.3. The number of nitrogens with zero attached hydrogens (tertiary/aromatic N) is 1. The van der Waals surface area contributed by atoms with Gasteiger partial charge in [-0.1, -0.05) is 69.5 Å². The maximum absolute atomic E-state index is 13.3. The second-order valence-corrected chi connectivity index (χ2v) is 11.6. The molecule has 0 radical (unpaired) electrons. The minimum atomic E-state index is -1.17. The largest absolute Gasteiger partial charge is 0.478 e. The smallest absolute Gasteiger partial charge is 0.375 e. The fourth-order valence-electron chi connectivity index (χ4n) is 5.07. The van der Waals surface area contributed by atoms with Crippen LogP contribution in [0.5, 0.6) is 0 Å². The summed E-state index contributed by atoms with van der Waals surface area (Å²) in [6.45, 7) is 8.02. The third-order valence-electron chi connectivity index (χ3n) is 6.86. The van der Waals surface area contributed by atoms with Gasteiger partial charge in [-0.25, -0.2) is 9.59 Å². The minimum absolute atomic E-state index is 0.0240. The highest BCUT2D eigenvalue weighted by Crippen LogP contribution is 2.47. The van der Waals surface area contributed by atoms with E-state index in [0.29, 0.717) is 10.6 Å². The number of ketones is 1. The summed E-state index contributed by atoms with van der Waals surface area (Å²) in [5.74, 6) is -3.86. The van der Waals surface area contributed by atoms with E-state index in [9.17, 15) is 24.3 Å². The zero-order valence-electron chi connectivity index (χ0n) is 21.3. The van der Waals surface area contributed by atoms with Crippen molar-refractivity contribution in [1.82, 2.24) is 0 Å². The van der Waals surface area contributed by atoms with Gasteiger partial charge in [0.1, 0.15) is 6.10 Å². The SMILES string of the molecule is CC1(C)CCCC(C)(C)C1OC(=O)C(=O)CC(=O)N(Cc1ccc(Cl)c(Cl)c1)c1cccc(C(=O)O)c1. The van der Waals surface area contributed by atoms with Crippen LogP contribution in [0.2, 0.25) is 10.0 Å². The normalized spacial score (nSPS) is 16.6. The fourth-order valence-corrected chi connectivity index (χ4v) is 5.39. The van der Waals surface area contributed by atoms with Gasteiger partial charge in [0.05, 0.1) is 28.6 Å². The van der Waals surface area contributed by atoms with Crippen LogP contribution in [0.3, 0.4) is 0 Å². The van der Waals surface area contributed by atoms with Gasteiger partial charge in [-0.05, 0) is 48.7 Å². The van der Waals surface area contributed by atoms with Crippen LogP contribution in [-0.2, 0) is 25.7 Å². The van der Waals surface area contributed by atoms with Crippen molar-refractivity contribution in [3.63, 3.8) is 0 Å². The van der Waals surface area contributed by atoms with Crippen LogP contribution in [0.1, 0.15) is 69.3 Å². The lowest BCUT2D eigenvalue weighted by atomic mass is 9.63. The first-order valence-electron chi connectivity index (χ1n) is 12.0. The van der Waals surface area contributed by atoms with Gasteiger partial charge < -0.3 is 14.7 Å². The van der Waals surface area contributed by atoms with E-state index < -0.39 is 36.2 Å². The molecule has 0 heterocycles. The predicted octanol–water partition coefficient (Wildman–Crippen LogP) is 6.33. The molecule has 1 aliphatic rings. The number of hydrogen-bond donors (Lipinski definition) is 1. The number of aromatic carboxylic acids is 1. The Morgan fingerprint density at radius 3 is 2.22 bits per heavy atom. The molecule has 0 bridgehead atoms. The number of halogens is 2. The van der Waals surface area contributed by atoms with Crippen molar-refractivity contribution in [2.24, 2.45) is 10.8 Å². The van der Waals surface area contributed by atoms with Crippen molar-refractivity contribution in [3.8, 4) is 0 Å². The maximum Gasteiger partial charge on any atom is 0.375 e. The molecule has 0 saturated heterocycles. The molecule has 0 unspecified atom stereocenters. The van der Waals surface area contributed by atoms with E-state index in [-0.39, 0.29) is 33.6 Å². The Morgan fingerprint density at radius 2 is 1.62 bits per heavy atom. The van der Waals surface area contributed by atoms with E-state index in [1.807, 2.05) is 27.7 Å². The van der Waals surface area contributed by atoms with Gasteiger partial charge in [0.2, 0.25) is 11.7 Å². The summed E-state index contributed by atoms with van der Waals surface area (Å²) in [7, 11) is 0. The number of carbonyl (C=O) groups excluding carboxylic acids is 3. The number of benzene rings is 2. The number of ether oxygens (including phenoxy) is 1. The van der Waals surface area contributed by atoms with Crippen LogP contribution in [0, 0.1) is 10.8 Å². The molecule has 1 fully saturated rings. The number of carbonyl (C=O) groups is 4. The topological polar surface area (TPSA) is 101 Å². The average Bonchev–Trinajstić information content (AvgIpc) is 2.81. The van der Waals surface area contributed by atoms with Crippen molar-refractivity contribution < 1.29 is 29.0 Å². The molecule has 0 atom stereocenters. The van der Waals surface area contributed by atoms with Gasteiger partial charge in [0.15, 0.2) is 0 Å². The molecule has 198 valence electrons. The number of amides is 1. The lowest BCUT2D eigenvalue weighted by Gasteiger charge is -2.47. The Morgan fingerprint density at radius 1 is 0.973 bits per heavy atom. The number of hydrogen-bond acceptors (Lipinski definition) is 5. The Labute approximate surface area is 226 Å². The number of carboxylic acid groups (broad SMARTS) is 1. The Balaban J connectivity index is 1.83. The summed E-state index contributed by atoms with van der Waals surface area (Å²) in [6.07, 6.45) is 1.52. The molecule has 0 aliphatic heterocycles. The number of Topliss-reactive ketones (excluding diaryl/α,β-unsaturated/α-hetero) is 1. The monoisotopic (exact) mass is 547 g/mol. The number of rotatable bonds is 8. The number of carboxylic acids is 1. The third-order valence-corrected chi connectivity index (χ3v) is 7.60. The van der Waals surface area contributed by atoms with Crippen molar-refractivity contribution in [2.45, 2.75) is 66.0 Å². The summed E-state index contributed by atoms with van der Waals surface area (Å²) in [6, 6.07) is 10.6. The first-order valence-corrected chi connectivity index (χ1v) is 12.8. The van der Waals surface area contributed by atoms with E-state index >= 15 is 0 Å². The zero-order valence-corrected chi connectivity index (χ0v) is 22.9. The molecule has 1 amide bonds. The molecule has 7 nitrogen and oxygen atoms in total. The molecule has 3 rings (SSSR count). The molecule has 0 spiro atoms. The van der Waals surface area contributed by atoms with Gasteiger partial charge in [0.25, 0.3) is 0 Å². The van der Waals surface area contributed by atoms with Crippen molar-refractivity contribution >= 4 is 52.5 Å². The quantitative estimate of drug-likeness (QED) is 0.235. The van der Waals surface area contributed by atoms with Crippen LogP contribution < -0.4 is 4.90 Å². The zero-order chi connectivity index (χ0) is 27.5. The molecule has 1 saturated carbocycles. The van der Waals surface area contributed by atoms with Crippen molar-refractivity contribution in [2.75, 3.05) is 4.90 Å². The Hall–Kier alpha value is -2.90. The van der Waals surface area contributed by atoms with Crippen LogP contribution in [0.15, 0.2) is 42.5 Å². The van der Waals surface area contributed by atoms with Gasteiger partial charge in [-0.2, -0.15) is 0 Å². The van der Waals surface area contributed by atoms with E-state index in [4.69, 9.17) is 27.9 Å². The van der Waals surface area contributed by atoms with Crippen molar-refractivity contribution in [1.29, 1.82) is 0 Å². The van der Waals surface area contributed by atoms with E-state index in [0.717, 1.165) is 19.3 Å². The minimum Gasteiger partial charge on any atom is -0.478 e. The van der Waals surface area contributed by atoms with Crippen molar-refractivity contribution in [3.05, 3.63) is 63.6 Å². The summed E-state index contributed by atoms with van der Waals surface area (Å²) in [4.78, 5) is 51.7. The Bertz CT molecular complexity index is 1210. The molecule has 2 aromatic carbocycles. The first kappa shape index (κ1) is 28.7. The standard InChI is InChI=1S/C28H31Cl2NO6/c1-27(2)11-6-12-28(3,4)26(27)37-25(36)22(32)15-23(33)31(16-17-9-10-20(29)21(30)13-17)19-8-5-7-18(14-19)24(34)35/h5,7-10,13-14,26H,6,11-12,15-16H2,1-4H3,(H,34,35). The molecule has 9 heteroatoms. The van der Waals surface area contributed by atoms with Gasteiger partial charge >= 0.3 is 11.9 Å². The summed E-state index contributed by atoms with van der Waals surface area (Å²) < 4.78 is 5.70. The van der Waals surface area contributed by atoms with E-state index in [1.165, 1.54) is 23.1 Å². The highest BCUT2D eigenvalue weighted by molar-refractivity contribution is 6.42. The van der Waals surface area contributed by atoms with Crippen LogP contribution in [-0.4, -0.2) is 34.8 Å². The summed E-state index contributed by atoms with van der Waals surface area (Å²) in [5.41, 5.74) is 0.213. The Kier molecular flexibility index (Phi) is 8.70. The second-order valence-electron chi connectivity index (χ2n) is 10.8. The number of esters is 1. The van der Waals surface area contributed by atoms with E-state index in [2.05, 4.69) is 0 Å². The highest BCUT2D eigenvalue weighted by atomic mass is 35.5. The molecule has 37 heavy (non-hydrogen) atoms. The van der Waals surface area contributed by atoms with Gasteiger partial charge in [-0.3, -0.25) is 9.59 Å². The molecule has 1 aliphatic carbocycles. The van der Waals surface area contributed by atoms with Crippen LogP contribution in [0.4, 0.5) is 5.69 Å². The first-order chi connectivity index (χ1) is 17.2. The molecular weight excluding hydrogens is 517 g/mol. The lowest BCUT2D eigenvalue weighted by molar-refractivity contribution is -0.176. The van der Waals surface area contributed by atoms with Gasteiger partial charge in [-0.15, -0.1) is 0 Å². The fraction of sp³-hybridized carbons (Fsp3) is 0.429. The third kappa shape index (κ3) is 6.90. The molecule has 1 N–H and O–H groups in total. The molecular formula is C28H31Cl2NO6. The highest BCUT2D eigenvalue weighted by Gasteiger charge is 2.47. The lowest BCUT2D eigenvalue weighted by Crippen LogP contribution is -2.49. The van der Waals surface area contributed by atoms with Crippen LogP contribution >= 0.6 is 23.2 Å². The van der Waals surface area contributed by atoms with Gasteiger partial charge in [0, 0.05) is 16.5 Å². The number of anilines is 1. The summed E-state index contributed by atoms with van der Waals surface area (Å²) in [5, 5.41) is 10.0. The van der Waals surface area contributed by atoms with E-state index in [1.54, 1.807) is 24.3 Å². The molecule has 0 aromatic heterocycles.